The molecule has 1 atom stereocenters. The summed E-state index contributed by atoms with van der Waals surface area (Å²) in [5.74, 6) is 2.05. The number of hydrogen-bond donors (Lipinski definition) is 2. The highest BCUT2D eigenvalue weighted by atomic mass is 32.2. The zero-order valence-corrected chi connectivity index (χ0v) is 12.9. The van der Waals surface area contributed by atoms with Crippen LogP contribution in [-0.2, 0) is 9.59 Å². The van der Waals surface area contributed by atoms with E-state index in [1.54, 1.807) is 4.90 Å². The predicted molar refractivity (Wildman–Crippen MR) is 79.3 cm³/mol. The Morgan fingerprint density at radius 2 is 2.21 bits per heavy atom. The summed E-state index contributed by atoms with van der Waals surface area (Å²) in [5, 5.41) is 6.16. The van der Waals surface area contributed by atoms with E-state index in [0.29, 0.717) is 13.0 Å². The number of likely N-dealkylation sites (N-methyl/N-ethyl adjacent to an activating group) is 1. The summed E-state index contributed by atoms with van der Waals surface area (Å²) < 4.78 is 0. The summed E-state index contributed by atoms with van der Waals surface area (Å²) in [6.07, 6.45) is 0.482. The SMILES string of the molecule is CCN(CC(=O)NC(C)C)C(=O)CC1CSCCN1. The van der Waals surface area contributed by atoms with Crippen LogP contribution < -0.4 is 10.6 Å². The van der Waals surface area contributed by atoms with Crippen LogP contribution in [0.1, 0.15) is 27.2 Å². The van der Waals surface area contributed by atoms with Crippen molar-refractivity contribution in [2.75, 3.05) is 31.1 Å². The molecular formula is C13H25N3O2S. The molecule has 0 spiro atoms. The standard InChI is InChI=1S/C13H25N3O2S/c1-4-16(8-12(17)15-10(2)3)13(18)7-11-9-19-6-5-14-11/h10-11,14H,4-9H2,1-3H3,(H,15,17). The van der Waals surface area contributed by atoms with Gasteiger partial charge in [0.1, 0.15) is 0 Å². The first-order valence-corrected chi connectivity index (χ1v) is 8.06. The number of nitrogens with zero attached hydrogens (tertiary/aromatic N) is 1. The third kappa shape index (κ3) is 6.29. The van der Waals surface area contributed by atoms with Crippen LogP contribution in [0.3, 0.4) is 0 Å². The van der Waals surface area contributed by atoms with Crippen molar-refractivity contribution in [2.45, 2.75) is 39.3 Å². The lowest BCUT2D eigenvalue weighted by molar-refractivity contribution is -0.136. The average Bonchev–Trinajstić information content (AvgIpc) is 2.36. The van der Waals surface area contributed by atoms with Crippen molar-refractivity contribution in [3.8, 4) is 0 Å². The molecule has 1 aliphatic heterocycles. The molecule has 1 fully saturated rings. The first kappa shape index (κ1) is 16.3. The maximum atomic E-state index is 12.2. The van der Waals surface area contributed by atoms with Crippen molar-refractivity contribution in [3.63, 3.8) is 0 Å². The van der Waals surface area contributed by atoms with Gasteiger partial charge in [0.2, 0.25) is 11.8 Å². The van der Waals surface area contributed by atoms with Crippen LogP contribution in [0.15, 0.2) is 0 Å². The van der Waals surface area contributed by atoms with E-state index in [4.69, 9.17) is 0 Å². The first-order valence-electron chi connectivity index (χ1n) is 6.91. The fraction of sp³-hybridized carbons (Fsp3) is 0.846. The van der Waals surface area contributed by atoms with Crippen LogP contribution >= 0.6 is 11.8 Å². The Morgan fingerprint density at radius 3 is 2.74 bits per heavy atom. The number of carbonyl (C=O) groups is 2. The number of rotatable bonds is 6. The molecule has 1 saturated heterocycles. The molecule has 0 bridgehead atoms. The van der Waals surface area contributed by atoms with Crippen LogP contribution in [0.2, 0.25) is 0 Å². The molecule has 0 saturated carbocycles. The zero-order chi connectivity index (χ0) is 14.3. The highest BCUT2D eigenvalue weighted by Gasteiger charge is 2.21. The maximum absolute atomic E-state index is 12.2. The fourth-order valence-electron chi connectivity index (χ4n) is 2.01. The molecule has 1 heterocycles. The van der Waals surface area contributed by atoms with Gasteiger partial charge in [-0.25, -0.2) is 0 Å². The number of hydrogen-bond acceptors (Lipinski definition) is 4. The summed E-state index contributed by atoms with van der Waals surface area (Å²) in [4.78, 5) is 25.5. The molecule has 1 rings (SSSR count). The van der Waals surface area contributed by atoms with E-state index in [-0.39, 0.29) is 30.4 Å². The van der Waals surface area contributed by atoms with Gasteiger partial charge in [0.05, 0.1) is 6.54 Å². The summed E-state index contributed by atoms with van der Waals surface area (Å²) in [7, 11) is 0. The van der Waals surface area contributed by atoms with Crippen molar-refractivity contribution < 1.29 is 9.59 Å². The minimum atomic E-state index is -0.0869. The topological polar surface area (TPSA) is 61.4 Å². The maximum Gasteiger partial charge on any atom is 0.239 e. The lowest BCUT2D eigenvalue weighted by atomic mass is 10.2. The molecule has 0 aromatic carbocycles. The Labute approximate surface area is 119 Å². The van der Waals surface area contributed by atoms with E-state index in [1.165, 1.54) is 0 Å². The van der Waals surface area contributed by atoms with Crippen molar-refractivity contribution in [2.24, 2.45) is 0 Å². The Kier molecular flexibility index (Phi) is 7.23. The number of carbonyl (C=O) groups excluding carboxylic acids is 2. The second-order valence-electron chi connectivity index (χ2n) is 5.06. The van der Waals surface area contributed by atoms with E-state index < -0.39 is 0 Å². The van der Waals surface area contributed by atoms with Gasteiger partial charge in [-0.05, 0) is 20.8 Å². The van der Waals surface area contributed by atoms with Gasteiger partial charge in [-0.2, -0.15) is 11.8 Å². The van der Waals surface area contributed by atoms with Gasteiger partial charge >= 0.3 is 0 Å². The van der Waals surface area contributed by atoms with Gasteiger partial charge in [0.25, 0.3) is 0 Å². The lowest BCUT2D eigenvalue weighted by Gasteiger charge is -2.26. The molecule has 2 N–H and O–H groups in total. The van der Waals surface area contributed by atoms with Gasteiger partial charge < -0.3 is 15.5 Å². The Hall–Kier alpha value is -0.750. The van der Waals surface area contributed by atoms with Crippen molar-refractivity contribution in [1.82, 2.24) is 15.5 Å². The van der Waals surface area contributed by atoms with E-state index in [1.807, 2.05) is 32.5 Å². The summed E-state index contributed by atoms with van der Waals surface area (Å²) in [6.45, 7) is 7.43. The van der Waals surface area contributed by atoms with Gasteiger partial charge in [0.15, 0.2) is 0 Å². The summed E-state index contributed by atoms with van der Waals surface area (Å²) in [5.41, 5.74) is 0. The molecule has 1 unspecified atom stereocenters. The highest BCUT2D eigenvalue weighted by Crippen LogP contribution is 2.11. The number of amides is 2. The molecule has 6 heteroatoms. The lowest BCUT2D eigenvalue weighted by Crippen LogP contribution is -2.46. The van der Waals surface area contributed by atoms with Gasteiger partial charge in [-0.15, -0.1) is 0 Å². The molecular weight excluding hydrogens is 262 g/mol. The molecule has 0 radical (unpaired) electrons. The Morgan fingerprint density at radius 1 is 1.47 bits per heavy atom. The zero-order valence-electron chi connectivity index (χ0n) is 12.1. The monoisotopic (exact) mass is 287 g/mol. The third-order valence-corrected chi connectivity index (χ3v) is 4.07. The largest absolute Gasteiger partial charge is 0.352 e. The van der Waals surface area contributed by atoms with E-state index in [9.17, 15) is 9.59 Å². The normalized spacial score (nSPS) is 19.3. The average molecular weight is 287 g/mol. The fourth-order valence-corrected chi connectivity index (χ4v) is 2.96. The molecule has 110 valence electrons. The summed E-state index contributed by atoms with van der Waals surface area (Å²) in [6, 6.07) is 0.353. The molecule has 0 aromatic rings. The van der Waals surface area contributed by atoms with Crippen LogP contribution in [0.5, 0.6) is 0 Å². The van der Waals surface area contributed by atoms with E-state index >= 15 is 0 Å². The molecule has 2 amide bonds. The molecule has 0 aromatic heterocycles. The quantitative estimate of drug-likeness (QED) is 0.745. The smallest absolute Gasteiger partial charge is 0.239 e. The van der Waals surface area contributed by atoms with E-state index in [0.717, 1.165) is 18.1 Å². The minimum Gasteiger partial charge on any atom is -0.352 e. The van der Waals surface area contributed by atoms with Crippen molar-refractivity contribution in [1.29, 1.82) is 0 Å². The second kappa shape index (κ2) is 8.43. The van der Waals surface area contributed by atoms with Crippen LogP contribution in [-0.4, -0.2) is 59.9 Å². The third-order valence-electron chi connectivity index (χ3n) is 2.94. The van der Waals surface area contributed by atoms with Crippen LogP contribution in [0, 0.1) is 0 Å². The molecule has 5 nitrogen and oxygen atoms in total. The number of thioether (sulfide) groups is 1. The van der Waals surface area contributed by atoms with Gasteiger partial charge in [-0.3, -0.25) is 9.59 Å². The minimum absolute atomic E-state index is 0.0569. The predicted octanol–water partition coefficient (Wildman–Crippen LogP) is 0.455. The first-order chi connectivity index (χ1) is 9.02. The molecule has 1 aliphatic rings. The van der Waals surface area contributed by atoms with Crippen LogP contribution in [0.4, 0.5) is 0 Å². The van der Waals surface area contributed by atoms with Crippen molar-refractivity contribution in [3.05, 3.63) is 0 Å². The van der Waals surface area contributed by atoms with E-state index in [2.05, 4.69) is 10.6 Å². The Bertz CT molecular complexity index is 304. The highest BCUT2D eigenvalue weighted by molar-refractivity contribution is 7.99. The van der Waals surface area contributed by atoms with Gasteiger partial charge in [0, 0.05) is 43.1 Å². The second-order valence-corrected chi connectivity index (χ2v) is 6.21. The van der Waals surface area contributed by atoms with Gasteiger partial charge in [-0.1, -0.05) is 0 Å². The summed E-state index contributed by atoms with van der Waals surface area (Å²) >= 11 is 1.87. The van der Waals surface area contributed by atoms with Crippen LogP contribution in [0.25, 0.3) is 0 Å². The van der Waals surface area contributed by atoms with Crippen molar-refractivity contribution >= 4 is 23.6 Å². The molecule has 0 aliphatic carbocycles. The molecule has 19 heavy (non-hydrogen) atoms. The Balaban J connectivity index is 2.39. The number of nitrogens with one attached hydrogen (secondary N) is 2.